The highest BCUT2D eigenvalue weighted by atomic mass is 35.5. The summed E-state index contributed by atoms with van der Waals surface area (Å²) in [6.45, 7) is 2.63. The molecule has 0 aliphatic carbocycles. The minimum Gasteiger partial charge on any atom is -0.330 e. The zero-order chi connectivity index (χ0) is 11.6. The predicted octanol–water partition coefficient (Wildman–Crippen LogP) is 2.57. The highest BCUT2D eigenvalue weighted by Gasteiger charge is 2.34. The third-order valence-electron chi connectivity index (χ3n) is 3.45. The van der Waals surface area contributed by atoms with Gasteiger partial charge in [0.25, 0.3) is 0 Å². The van der Waals surface area contributed by atoms with Crippen molar-refractivity contribution in [2.75, 3.05) is 19.6 Å². The van der Waals surface area contributed by atoms with E-state index in [1.165, 1.54) is 0 Å². The molecule has 0 bridgehead atoms. The molecule has 0 saturated carbocycles. The van der Waals surface area contributed by atoms with Crippen LogP contribution in [0.4, 0.5) is 0 Å². The third kappa shape index (κ3) is 2.21. The van der Waals surface area contributed by atoms with Crippen LogP contribution < -0.4 is 11.1 Å². The summed E-state index contributed by atoms with van der Waals surface area (Å²) in [6, 6.07) is 5.71. The predicted molar refractivity (Wildman–Crippen MR) is 69.3 cm³/mol. The Morgan fingerprint density at radius 1 is 1.25 bits per heavy atom. The largest absolute Gasteiger partial charge is 0.330 e. The van der Waals surface area contributed by atoms with Crippen LogP contribution in [0.2, 0.25) is 10.0 Å². The molecule has 1 aromatic carbocycles. The second-order valence-electron chi connectivity index (χ2n) is 4.36. The van der Waals surface area contributed by atoms with Gasteiger partial charge >= 0.3 is 0 Å². The van der Waals surface area contributed by atoms with Gasteiger partial charge in [0.2, 0.25) is 0 Å². The number of halogens is 2. The minimum atomic E-state index is 0.0208. The first kappa shape index (κ1) is 12.2. The molecule has 1 heterocycles. The zero-order valence-corrected chi connectivity index (χ0v) is 10.6. The Kier molecular flexibility index (Phi) is 3.75. The standard InChI is InChI=1S/C12H16Cl2N2/c13-9-1-2-10(11(14)7-9)12(8-15)3-5-16-6-4-12/h1-2,7,16H,3-6,8,15H2. The van der Waals surface area contributed by atoms with E-state index in [2.05, 4.69) is 5.32 Å². The van der Waals surface area contributed by atoms with Gasteiger partial charge in [0, 0.05) is 22.0 Å². The van der Waals surface area contributed by atoms with Gasteiger partial charge < -0.3 is 11.1 Å². The van der Waals surface area contributed by atoms with Gasteiger partial charge in [-0.15, -0.1) is 0 Å². The Balaban J connectivity index is 2.39. The molecule has 16 heavy (non-hydrogen) atoms. The molecule has 1 fully saturated rings. The second-order valence-corrected chi connectivity index (χ2v) is 5.20. The van der Waals surface area contributed by atoms with Crippen LogP contribution in [-0.2, 0) is 5.41 Å². The van der Waals surface area contributed by atoms with Crippen molar-refractivity contribution >= 4 is 23.2 Å². The number of nitrogens with one attached hydrogen (secondary N) is 1. The molecule has 1 aliphatic rings. The van der Waals surface area contributed by atoms with E-state index in [0.29, 0.717) is 11.6 Å². The van der Waals surface area contributed by atoms with E-state index in [-0.39, 0.29) is 5.41 Å². The van der Waals surface area contributed by atoms with E-state index in [4.69, 9.17) is 28.9 Å². The summed E-state index contributed by atoms with van der Waals surface area (Å²) in [6.07, 6.45) is 2.07. The van der Waals surface area contributed by atoms with Crippen molar-refractivity contribution in [2.24, 2.45) is 5.73 Å². The molecule has 3 N–H and O–H groups in total. The molecular weight excluding hydrogens is 243 g/mol. The van der Waals surface area contributed by atoms with E-state index in [9.17, 15) is 0 Å². The van der Waals surface area contributed by atoms with Crippen LogP contribution in [-0.4, -0.2) is 19.6 Å². The molecule has 1 aromatic rings. The SMILES string of the molecule is NCC1(c2ccc(Cl)cc2Cl)CCNCC1. The Hall–Kier alpha value is -0.280. The van der Waals surface area contributed by atoms with E-state index >= 15 is 0 Å². The fraction of sp³-hybridized carbons (Fsp3) is 0.500. The molecule has 0 atom stereocenters. The third-order valence-corrected chi connectivity index (χ3v) is 4.00. The van der Waals surface area contributed by atoms with Crippen LogP contribution in [0.5, 0.6) is 0 Å². The Bertz CT molecular complexity index is 373. The lowest BCUT2D eigenvalue weighted by Crippen LogP contribution is -2.45. The van der Waals surface area contributed by atoms with Gasteiger partial charge in [-0.3, -0.25) is 0 Å². The summed E-state index contributed by atoms with van der Waals surface area (Å²) in [5.41, 5.74) is 7.12. The number of benzene rings is 1. The molecule has 88 valence electrons. The van der Waals surface area contributed by atoms with Gasteiger partial charge in [0.15, 0.2) is 0 Å². The molecule has 0 radical (unpaired) electrons. The first-order valence-electron chi connectivity index (χ1n) is 5.54. The van der Waals surface area contributed by atoms with Crippen molar-refractivity contribution < 1.29 is 0 Å². The molecule has 2 nitrogen and oxygen atoms in total. The lowest BCUT2D eigenvalue weighted by atomic mass is 9.73. The minimum absolute atomic E-state index is 0.0208. The van der Waals surface area contributed by atoms with Crippen molar-refractivity contribution in [1.29, 1.82) is 0 Å². The van der Waals surface area contributed by atoms with Crippen molar-refractivity contribution in [3.05, 3.63) is 33.8 Å². The molecule has 2 rings (SSSR count). The highest BCUT2D eigenvalue weighted by molar-refractivity contribution is 6.35. The highest BCUT2D eigenvalue weighted by Crippen LogP contribution is 2.37. The quantitative estimate of drug-likeness (QED) is 0.856. The van der Waals surface area contributed by atoms with Gasteiger partial charge in [0.05, 0.1) is 0 Å². The second kappa shape index (κ2) is 4.92. The molecule has 0 aromatic heterocycles. The molecule has 0 amide bonds. The van der Waals surface area contributed by atoms with Crippen LogP contribution in [0.15, 0.2) is 18.2 Å². The maximum atomic E-state index is 6.27. The smallest absolute Gasteiger partial charge is 0.0458 e. The van der Waals surface area contributed by atoms with Crippen LogP contribution in [0.25, 0.3) is 0 Å². The molecule has 1 aliphatic heterocycles. The van der Waals surface area contributed by atoms with Crippen LogP contribution in [0.3, 0.4) is 0 Å². The Morgan fingerprint density at radius 3 is 2.50 bits per heavy atom. The van der Waals surface area contributed by atoms with Gasteiger partial charge in [0.1, 0.15) is 0 Å². The van der Waals surface area contributed by atoms with Crippen LogP contribution >= 0.6 is 23.2 Å². The first-order valence-corrected chi connectivity index (χ1v) is 6.30. The maximum absolute atomic E-state index is 6.27. The van der Waals surface area contributed by atoms with Crippen molar-refractivity contribution in [3.63, 3.8) is 0 Å². The Morgan fingerprint density at radius 2 is 1.94 bits per heavy atom. The topological polar surface area (TPSA) is 38.0 Å². The van der Waals surface area contributed by atoms with Gasteiger partial charge in [-0.2, -0.15) is 0 Å². The number of nitrogens with two attached hydrogens (primary N) is 1. The monoisotopic (exact) mass is 258 g/mol. The lowest BCUT2D eigenvalue weighted by molar-refractivity contribution is 0.316. The molecule has 4 heteroatoms. The number of piperidine rings is 1. The normalized spacial score (nSPS) is 19.7. The zero-order valence-electron chi connectivity index (χ0n) is 9.10. The summed E-state index contributed by atoms with van der Waals surface area (Å²) < 4.78 is 0. The first-order chi connectivity index (χ1) is 7.68. The van der Waals surface area contributed by atoms with E-state index in [1.54, 1.807) is 6.07 Å². The maximum Gasteiger partial charge on any atom is 0.0458 e. The summed E-state index contributed by atoms with van der Waals surface area (Å²) in [7, 11) is 0. The summed E-state index contributed by atoms with van der Waals surface area (Å²) >= 11 is 12.2. The fourth-order valence-electron chi connectivity index (χ4n) is 2.41. The summed E-state index contributed by atoms with van der Waals surface area (Å²) in [5.74, 6) is 0. The van der Waals surface area contributed by atoms with Crippen molar-refractivity contribution in [3.8, 4) is 0 Å². The van der Waals surface area contributed by atoms with E-state index in [0.717, 1.165) is 36.5 Å². The fourth-order valence-corrected chi connectivity index (χ4v) is 3.02. The molecule has 1 saturated heterocycles. The average Bonchev–Trinajstić information content (AvgIpc) is 2.30. The van der Waals surface area contributed by atoms with Gasteiger partial charge in [-0.1, -0.05) is 29.3 Å². The number of hydrogen-bond donors (Lipinski definition) is 2. The average molecular weight is 259 g/mol. The number of hydrogen-bond acceptors (Lipinski definition) is 2. The summed E-state index contributed by atoms with van der Waals surface area (Å²) in [4.78, 5) is 0. The Labute approximate surface area is 106 Å². The summed E-state index contributed by atoms with van der Waals surface area (Å²) in [5, 5.41) is 4.76. The number of rotatable bonds is 2. The molecule has 0 unspecified atom stereocenters. The van der Waals surface area contributed by atoms with E-state index in [1.807, 2.05) is 12.1 Å². The lowest BCUT2D eigenvalue weighted by Gasteiger charge is -2.37. The van der Waals surface area contributed by atoms with Gasteiger partial charge in [-0.05, 0) is 43.6 Å². The van der Waals surface area contributed by atoms with Crippen LogP contribution in [0.1, 0.15) is 18.4 Å². The van der Waals surface area contributed by atoms with Crippen LogP contribution in [0, 0.1) is 0 Å². The van der Waals surface area contributed by atoms with E-state index < -0.39 is 0 Å². The molecular formula is C12H16Cl2N2. The molecule has 0 spiro atoms. The van der Waals surface area contributed by atoms with Crippen molar-refractivity contribution in [1.82, 2.24) is 5.32 Å². The van der Waals surface area contributed by atoms with Crippen molar-refractivity contribution in [2.45, 2.75) is 18.3 Å². The van der Waals surface area contributed by atoms with Gasteiger partial charge in [-0.25, -0.2) is 0 Å².